The Labute approximate surface area is 160 Å². The number of rotatable bonds is 4. The SMILES string of the molecule is COc1ccccc1/C=C/C(=O)N1CCN(c2cc(C(F)(F)F)ncn2)CC1. The van der Waals surface area contributed by atoms with Gasteiger partial charge in [-0.1, -0.05) is 18.2 Å². The zero-order chi connectivity index (χ0) is 20.1. The molecule has 1 aromatic heterocycles. The van der Waals surface area contributed by atoms with Crippen LogP contribution in [0.15, 0.2) is 42.7 Å². The van der Waals surface area contributed by atoms with Crippen molar-refractivity contribution in [3.8, 4) is 5.75 Å². The molecule has 28 heavy (non-hydrogen) atoms. The largest absolute Gasteiger partial charge is 0.496 e. The van der Waals surface area contributed by atoms with Crippen LogP contribution < -0.4 is 9.64 Å². The summed E-state index contributed by atoms with van der Waals surface area (Å²) in [7, 11) is 1.56. The maximum absolute atomic E-state index is 12.8. The highest BCUT2D eigenvalue weighted by molar-refractivity contribution is 5.92. The number of para-hydroxylation sites is 1. The van der Waals surface area contributed by atoms with Gasteiger partial charge >= 0.3 is 6.18 Å². The number of benzene rings is 1. The lowest BCUT2D eigenvalue weighted by Gasteiger charge is -2.35. The Morgan fingerprint density at radius 1 is 1.14 bits per heavy atom. The van der Waals surface area contributed by atoms with Crippen molar-refractivity contribution in [1.29, 1.82) is 0 Å². The lowest BCUT2D eigenvalue weighted by Crippen LogP contribution is -2.48. The van der Waals surface area contributed by atoms with E-state index in [1.807, 2.05) is 18.2 Å². The number of amides is 1. The summed E-state index contributed by atoms with van der Waals surface area (Å²) in [6, 6.07) is 8.27. The fraction of sp³-hybridized carbons (Fsp3) is 0.316. The smallest absolute Gasteiger partial charge is 0.433 e. The van der Waals surface area contributed by atoms with Gasteiger partial charge in [0.2, 0.25) is 5.91 Å². The Balaban J connectivity index is 1.61. The second-order valence-electron chi connectivity index (χ2n) is 6.15. The minimum Gasteiger partial charge on any atom is -0.496 e. The first-order valence-corrected chi connectivity index (χ1v) is 8.62. The predicted octanol–water partition coefficient (Wildman–Crippen LogP) is 2.87. The molecule has 6 nitrogen and oxygen atoms in total. The highest BCUT2D eigenvalue weighted by atomic mass is 19.4. The van der Waals surface area contributed by atoms with Crippen molar-refractivity contribution in [3.05, 3.63) is 54.0 Å². The minimum atomic E-state index is -4.52. The molecule has 1 amide bonds. The number of anilines is 1. The number of aromatic nitrogens is 2. The lowest BCUT2D eigenvalue weighted by molar-refractivity contribution is -0.141. The molecule has 0 unspecified atom stereocenters. The molecule has 148 valence electrons. The highest BCUT2D eigenvalue weighted by Gasteiger charge is 2.33. The first-order chi connectivity index (χ1) is 13.4. The monoisotopic (exact) mass is 392 g/mol. The van der Waals surface area contributed by atoms with Gasteiger partial charge in [0.05, 0.1) is 7.11 Å². The zero-order valence-electron chi connectivity index (χ0n) is 15.2. The molecular weight excluding hydrogens is 373 g/mol. The van der Waals surface area contributed by atoms with Gasteiger partial charge < -0.3 is 14.5 Å². The van der Waals surface area contributed by atoms with Gasteiger partial charge in [-0.05, 0) is 12.1 Å². The number of hydrogen-bond donors (Lipinski definition) is 0. The number of nitrogens with zero attached hydrogens (tertiary/aromatic N) is 4. The Morgan fingerprint density at radius 3 is 2.54 bits per heavy atom. The Kier molecular flexibility index (Phi) is 5.81. The normalized spacial score (nSPS) is 15.1. The van der Waals surface area contributed by atoms with Gasteiger partial charge in [-0.15, -0.1) is 0 Å². The number of piperazine rings is 1. The van der Waals surface area contributed by atoms with E-state index in [-0.39, 0.29) is 11.7 Å². The van der Waals surface area contributed by atoms with Gasteiger partial charge in [0.15, 0.2) is 0 Å². The van der Waals surface area contributed by atoms with Crippen LogP contribution in [0, 0.1) is 0 Å². The first kappa shape index (κ1) is 19.7. The van der Waals surface area contributed by atoms with Crippen molar-refractivity contribution < 1.29 is 22.7 Å². The van der Waals surface area contributed by atoms with Gasteiger partial charge in [0.1, 0.15) is 23.6 Å². The van der Waals surface area contributed by atoms with Crippen LogP contribution in [0.2, 0.25) is 0 Å². The molecule has 1 fully saturated rings. The third kappa shape index (κ3) is 4.59. The lowest BCUT2D eigenvalue weighted by atomic mass is 10.2. The summed E-state index contributed by atoms with van der Waals surface area (Å²) in [6.07, 6.45) is -0.446. The van der Waals surface area contributed by atoms with Crippen LogP contribution in [0.5, 0.6) is 5.75 Å². The summed E-state index contributed by atoms with van der Waals surface area (Å²) in [5.74, 6) is 0.712. The average Bonchev–Trinajstić information content (AvgIpc) is 2.72. The fourth-order valence-corrected chi connectivity index (χ4v) is 2.90. The summed E-state index contributed by atoms with van der Waals surface area (Å²) in [6.45, 7) is 1.56. The number of halogens is 3. The number of carbonyl (C=O) groups excluding carboxylic acids is 1. The number of carbonyl (C=O) groups is 1. The summed E-state index contributed by atoms with van der Waals surface area (Å²) in [4.78, 5) is 23.0. The molecule has 3 rings (SSSR count). The van der Waals surface area contributed by atoms with E-state index in [0.717, 1.165) is 18.0 Å². The van der Waals surface area contributed by atoms with E-state index in [1.54, 1.807) is 29.1 Å². The van der Waals surface area contributed by atoms with Crippen molar-refractivity contribution in [3.63, 3.8) is 0 Å². The van der Waals surface area contributed by atoms with Crippen molar-refractivity contribution in [2.75, 3.05) is 38.2 Å². The van der Waals surface area contributed by atoms with Crippen LogP contribution in [-0.2, 0) is 11.0 Å². The standard InChI is InChI=1S/C19H19F3N4O2/c1-28-15-5-3-2-4-14(15)6-7-18(27)26-10-8-25(9-11-26)17-12-16(19(20,21)22)23-13-24-17/h2-7,12-13H,8-11H2,1H3/b7-6+. The molecule has 1 aromatic carbocycles. The van der Waals surface area contributed by atoms with E-state index in [9.17, 15) is 18.0 Å². The maximum Gasteiger partial charge on any atom is 0.433 e. The number of hydrogen-bond acceptors (Lipinski definition) is 5. The summed E-state index contributed by atoms with van der Waals surface area (Å²) < 4.78 is 43.7. The molecule has 1 saturated heterocycles. The molecule has 0 aliphatic carbocycles. The molecule has 1 aliphatic heterocycles. The van der Waals surface area contributed by atoms with E-state index < -0.39 is 11.9 Å². The number of methoxy groups -OCH3 is 1. The van der Waals surface area contributed by atoms with E-state index in [1.165, 1.54) is 6.08 Å². The Bertz CT molecular complexity index is 862. The molecule has 0 N–H and O–H groups in total. The van der Waals surface area contributed by atoms with E-state index in [2.05, 4.69) is 9.97 Å². The Morgan fingerprint density at radius 2 is 1.86 bits per heavy atom. The summed E-state index contributed by atoms with van der Waals surface area (Å²) >= 11 is 0. The van der Waals surface area contributed by atoms with Crippen LogP contribution in [0.4, 0.5) is 19.0 Å². The number of alkyl halides is 3. The van der Waals surface area contributed by atoms with Crippen LogP contribution in [-0.4, -0.2) is 54.1 Å². The van der Waals surface area contributed by atoms with Crippen LogP contribution in [0.3, 0.4) is 0 Å². The maximum atomic E-state index is 12.8. The van der Waals surface area contributed by atoms with Gasteiger partial charge in [-0.3, -0.25) is 4.79 Å². The molecule has 0 bridgehead atoms. The third-order valence-corrected chi connectivity index (χ3v) is 4.40. The van der Waals surface area contributed by atoms with Crippen LogP contribution in [0.1, 0.15) is 11.3 Å². The predicted molar refractivity (Wildman–Crippen MR) is 97.9 cm³/mol. The molecule has 0 spiro atoms. The second-order valence-corrected chi connectivity index (χ2v) is 6.15. The fourth-order valence-electron chi connectivity index (χ4n) is 2.90. The van der Waals surface area contributed by atoms with Crippen molar-refractivity contribution in [2.24, 2.45) is 0 Å². The number of ether oxygens (including phenoxy) is 1. The van der Waals surface area contributed by atoms with E-state index in [4.69, 9.17) is 4.74 Å². The molecule has 0 saturated carbocycles. The Hall–Kier alpha value is -3.10. The van der Waals surface area contributed by atoms with Gasteiger partial charge in [-0.25, -0.2) is 9.97 Å². The van der Waals surface area contributed by atoms with Gasteiger partial charge in [0.25, 0.3) is 0 Å². The van der Waals surface area contributed by atoms with Crippen molar-refractivity contribution in [1.82, 2.24) is 14.9 Å². The van der Waals surface area contributed by atoms with E-state index >= 15 is 0 Å². The van der Waals surface area contributed by atoms with Gasteiger partial charge in [0, 0.05) is 43.9 Å². The summed E-state index contributed by atoms with van der Waals surface area (Å²) in [5, 5.41) is 0. The summed E-state index contributed by atoms with van der Waals surface area (Å²) in [5.41, 5.74) is -0.187. The quantitative estimate of drug-likeness (QED) is 0.749. The first-order valence-electron chi connectivity index (χ1n) is 8.62. The highest BCUT2D eigenvalue weighted by Crippen LogP contribution is 2.29. The van der Waals surface area contributed by atoms with Crippen molar-refractivity contribution >= 4 is 17.8 Å². The second kappa shape index (κ2) is 8.28. The molecule has 2 aromatic rings. The molecular formula is C19H19F3N4O2. The molecule has 2 heterocycles. The molecule has 9 heteroatoms. The van der Waals surface area contributed by atoms with Crippen LogP contribution in [0.25, 0.3) is 6.08 Å². The van der Waals surface area contributed by atoms with E-state index in [0.29, 0.717) is 31.9 Å². The minimum absolute atomic E-state index is 0.163. The molecule has 0 radical (unpaired) electrons. The topological polar surface area (TPSA) is 58.6 Å². The van der Waals surface area contributed by atoms with Crippen LogP contribution >= 0.6 is 0 Å². The molecule has 1 aliphatic rings. The molecule has 0 atom stereocenters. The van der Waals surface area contributed by atoms with Gasteiger partial charge in [-0.2, -0.15) is 13.2 Å². The zero-order valence-corrected chi connectivity index (χ0v) is 15.2. The average molecular weight is 392 g/mol. The third-order valence-electron chi connectivity index (χ3n) is 4.40. The van der Waals surface area contributed by atoms with Crippen molar-refractivity contribution in [2.45, 2.75) is 6.18 Å².